The summed E-state index contributed by atoms with van der Waals surface area (Å²) in [4.78, 5) is 54.1. The summed E-state index contributed by atoms with van der Waals surface area (Å²) in [5.74, 6) is -9.86. The number of Topliss-reactive ketones (excluding diaryl/α,β-unsaturated/α-hetero) is 2. The average Bonchev–Trinajstić information content (AvgIpc) is 2.78. The van der Waals surface area contributed by atoms with E-state index in [0.29, 0.717) is 0 Å². The maximum atomic E-state index is 14.9. The van der Waals surface area contributed by atoms with Crippen molar-refractivity contribution in [1.82, 2.24) is 9.80 Å². The van der Waals surface area contributed by atoms with Gasteiger partial charge >= 0.3 is 0 Å². The van der Waals surface area contributed by atoms with E-state index in [2.05, 4.69) is 5.32 Å². The summed E-state index contributed by atoms with van der Waals surface area (Å²) in [6.07, 6.45) is -0.180. The van der Waals surface area contributed by atoms with E-state index in [9.17, 15) is 44.0 Å². The molecule has 2 amide bonds. The molecule has 204 valence electrons. The molecule has 3 aliphatic carbocycles. The lowest BCUT2D eigenvalue weighted by Gasteiger charge is -2.50. The third-order valence-electron chi connectivity index (χ3n) is 7.39. The maximum Gasteiger partial charge on any atom is 0.255 e. The van der Waals surface area contributed by atoms with Crippen LogP contribution in [0, 0.1) is 17.7 Å². The predicted octanol–water partition coefficient (Wildman–Crippen LogP) is -0.240. The van der Waals surface area contributed by atoms with Crippen molar-refractivity contribution in [2.45, 2.75) is 24.5 Å². The van der Waals surface area contributed by atoms with Crippen LogP contribution in [0.5, 0.6) is 5.75 Å². The lowest BCUT2D eigenvalue weighted by Crippen LogP contribution is -2.63. The highest BCUT2D eigenvalue weighted by molar-refractivity contribution is 6.25. The number of nitrogens with one attached hydrogen (secondary N) is 1. The molecule has 0 saturated carbocycles. The summed E-state index contributed by atoms with van der Waals surface area (Å²) in [6.45, 7) is -0.135. The van der Waals surface area contributed by atoms with Crippen molar-refractivity contribution in [1.29, 1.82) is 0 Å². The summed E-state index contributed by atoms with van der Waals surface area (Å²) in [5, 5.41) is 46.6. The second-order valence-corrected chi connectivity index (χ2v) is 10.4. The first kappa shape index (κ1) is 27.2. The number of rotatable bonds is 5. The molecule has 0 fully saturated rings. The molecule has 7 N–H and O–H groups in total. The number of carbonyl (C=O) groups excluding carboxylic acids is 4. The molecule has 0 aliphatic heterocycles. The largest absolute Gasteiger partial charge is 0.510 e. The maximum absolute atomic E-state index is 14.9. The Morgan fingerprint density at radius 3 is 2.37 bits per heavy atom. The lowest BCUT2D eigenvalue weighted by atomic mass is 9.58. The monoisotopic (exact) mass is 532 g/mol. The predicted molar refractivity (Wildman–Crippen MR) is 131 cm³/mol. The third kappa shape index (κ3) is 3.85. The van der Waals surface area contributed by atoms with Gasteiger partial charge in [0.25, 0.3) is 5.91 Å². The van der Waals surface area contributed by atoms with Gasteiger partial charge in [-0.2, -0.15) is 0 Å². The molecule has 0 spiro atoms. The Kier molecular flexibility index (Phi) is 6.58. The second-order valence-electron chi connectivity index (χ2n) is 10.4. The fourth-order valence-electron chi connectivity index (χ4n) is 5.86. The molecule has 2 unspecified atom stereocenters. The zero-order chi connectivity index (χ0) is 28.4. The SMILES string of the molecule is CN(C)CC(=O)Nc1c(F)cc2c(c1O)C(=O)C1=C(O)[C@]3(O)C(=O)C(C(N)=O)=C(O)[C@@H](N(C)C)C3CC1C2. The van der Waals surface area contributed by atoms with Gasteiger partial charge in [-0.3, -0.25) is 24.1 Å². The number of aliphatic hydroxyl groups excluding tert-OH is 2. The number of aliphatic hydroxyl groups is 3. The average molecular weight is 533 g/mol. The third-order valence-corrected chi connectivity index (χ3v) is 7.39. The van der Waals surface area contributed by atoms with Crippen LogP contribution in [0.4, 0.5) is 10.1 Å². The number of nitrogens with zero attached hydrogens (tertiary/aromatic N) is 2. The molecule has 0 heterocycles. The molecule has 4 rings (SSSR count). The van der Waals surface area contributed by atoms with Gasteiger partial charge in [-0.1, -0.05) is 0 Å². The van der Waals surface area contributed by atoms with Crippen LogP contribution < -0.4 is 11.1 Å². The lowest BCUT2D eigenvalue weighted by molar-refractivity contribution is -0.148. The van der Waals surface area contributed by atoms with E-state index in [4.69, 9.17) is 5.73 Å². The number of primary amides is 1. The number of aromatic hydroxyl groups is 1. The van der Waals surface area contributed by atoms with Gasteiger partial charge < -0.3 is 36.4 Å². The molecule has 12 nitrogen and oxygen atoms in total. The van der Waals surface area contributed by atoms with Crippen LogP contribution in [0.25, 0.3) is 0 Å². The molecule has 1 aromatic rings. The number of phenolic OH excluding ortho intramolecular Hbond substituents is 1. The Hall–Kier alpha value is -3.81. The van der Waals surface area contributed by atoms with Crippen molar-refractivity contribution < 1.29 is 44.0 Å². The number of anilines is 1. The summed E-state index contributed by atoms with van der Waals surface area (Å²) in [7, 11) is 6.25. The first-order chi connectivity index (χ1) is 17.6. The molecule has 38 heavy (non-hydrogen) atoms. The first-order valence-electron chi connectivity index (χ1n) is 11.8. The molecule has 4 atom stereocenters. The quantitative estimate of drug-likeness (QED) is 0.218. The van der Waals surface area contributed by atoms with Crippen molar-refractivity contribution in [3.8, 4) is 5.75 Å². The van der Waals surface area contributed by atoms with Gasteiger partial charge in [0.1, 0.15) is 22.8 Å². The number of nitrogens with two attached hydrogens (primary N) is 1. The van der Waals surface area contributed by atoms with Crippen LogP contribution in [0.2, 0.25) is 0 Å². The van der Waals surface area contributed by atoms with Crippen molar-refractivity contribution >= 4 is 29.1 Å². The summed E-state index contributed by atoms with van der Waals surface area (Å²) in [5.41, 5.74) is 0.321. The molecule has 0 saturated heterocycles. The Morgan fingerprint density at radius 2 is 1.82 bits per heavy atom. The number of likely N-dealkylation sites (N-methyl/N-ethyl adjacent to an activating group) is 2. The van der Waals surface area contributed by atoms with Crippen LogP contribution in [0.3, 0.4) is 0 Å². The van der Waals surface area contributed by atoms with E-state index in [-0.39, 0.29) is 30.5 Å². The number of amides is 2. The van der Waals surface area contributed by atoms with Gasteiger partial charge in [-0.05, 0) is 58.6 Å². The highest BCUT2D eigenvalue weighted by Crippen LogP contribution is 2.52. The van der Waals surface area contributed by atoms with Crippen molar-refractivity contribution in [3.05, 3.63) is 45.7 Å². The number of phenols is 1. The van der Waals surface area contributed by atoms with Crippen molar-refractivity contribution in [3.63, 3.8) is 0 Å². The number of carbonyl (C=O) groups is 4. The van der Waals surface area contributed by atoms with Gasteiger partial charge in [0, 0.05) is 11.5 Å². The van der Waals surface area contributed by atoms with Gasteiger partial charge in [-0.15, -0.1) is 0 Å². The smallest absolute Gasteiger partial charge is 0.255 e. The number of fused-ring (bicyclic) bond motifs is 3. The summed E-state index contributed by atoms with van der Waals surface area (Å²) >= 11 is 0. The van der Waals surface area contributed by atoms with Crippen LogP contribution in [-0.4, -0.2) is 100.0 Å². The first-order valence-corrected chi connectivity index (χ1v) is 11.8. The van der Waals surface area contributed by atoms with Gasteiger partial charge in [0.15, 0.2) is 23.0 Å². The molecule has 0 bridgehead atoms. The Balaban J connectivity index is 1.87. The van der Waals surface area contributed by atoms with Crippen LogP contribution in [0.1, 0.15) is 22.3 Å². The zero-order valence-electron chi connectivity index (χ0n) is 21.2. The summed E-state index contributed by atoms with van der Waals surface area (Å²) in [6, 6.07) is -0.120. The highest BCUT2D eigenvalue weighted by atomic mass is 19.1. The number of halogens is 1. The number of benzene rings is 1. The van der Waals surface area contributed by atoms with Crippen LogP contribution in [-0.2, 0) is 20.8 Å². The minimum Gasteiger partial charge on any atom is -0.510 e. The molecule has 3 aliphatic rings. The summed E-state index contributed by atoms with van der Waals surface area (Å²) < 4.78 is 14.9. The van der Waals surface area contributed by atoms with Crippen molar-refractivity contribution in [2.24, 2.45) is 17.6 Å². The van der Waals surface area contributed by atoms with E-state index >= 15 is 0 Å². The Morgan fingerprint density at radius 1 is 1.18 bits per heavy atom. The molecule has 0 radical (unpaired) electrons. The highest BCUT2D eigenvalue weighted by Gasteiger charge is 2.63. The minimum absolute atomic E-state index is 0.0645. The number of allylic oxidation sites excluding steroid dienone is 1. The minimum atomic E-state index is -2.77. The molecule has 1 aromatic carbocycles. The van der Waals surface area contributed by atoms with E-state index in [1.54, 1.807) is 14.1 Å². The van der Waals surface area contributed by atoms with E-state index in [1.165, 1.54) is 23.9 Å². The molecular weight excluding hydrogens is 503 g/mol. The van der Waals surface area contributed by atoms with E-state index < -0.39 is 86.8 Å². The van der Waals surface area contributed by atoms with Crippen LogP contribution >= 0.6 is 0 Å². The van der Waals surface area contributed by atoms with Gasteiger partial charge in [0.05, 0.1) is 18.2 Å². The van der Waals surface area contributed by atoms with Gasteiger partial charge in [0.2, 0.25) is 11.7 Å². The molecular formula is C25H29FN4O8. The van der Waals surface area contributed by atoms with Gasteiger partial charge in [-0.25, -0.2) is 4.39 Å². The normalized spacial score (nSPS) is 26.9. The topological polar surface area (TPSA) is 194 Å². The second kappa shape index (κ2) is 9.19. The van der Waals surface area contributed by atoms with Crippen molar-refractivity contribution in [2.75, 3.05) is 40.1 Å². The molecule has 13 heteroatoms. The fourth-order valence-corrected chi connectivity index (χ4v) is 5.86. The molecule has 0 aromatic heterocycles. The standard InChI is InChI=1S/C25H29FN4O8/c1-29(2)8-13(31)28-17-12(26)7-10-5-9-6-11-18(30(3)4)21(34)16(24(27)37)23(36)25(11,38)22(35)15(9)19(32)14(10)20(17)33/h7,9,11,18,33-35,38H,5-6,8H2,1-4H3,(H2,27,37)(H,28,31)/t9?,11?,18-,25-/m0/s1. The zero-order valence-corrected chi connectivity index (χ0v) is 21.2. The fraction of sp³-hybridized carbons (Fsp3) is 0.440. The number of hydrogen-bond donors (Lipinski definition) is 6. The Bertz CT molecular complexity index is 1350. The number of hydrogen-bond acceptors (Lipinski definition) is 10. The Labute approximate surface area is 216 Å². The van der Waals surface area contributed by atoms with Crippen LogP contribution in [0.15, 0.2) is 28.7 Å². The van der Waals surface area contributed by atoms with E-state index in [1.807, 2.05) is 0 Å². The number of ketones is 2. The van der Waals surface area contributed by atoms with E-state index in [0.717, 1.165) is 6.07 Å².